The van der Waals surface area contributed by atoms with Gasteiger partial charge in [-0.05, 0) is 36.3 Å². The summed E-state index contributed by atoms with van der Waals surface area (Å²) in [4.78, 5) is 13.3. The van der Waals surface area contributed by atoms with Crippen LogP contribution in [0, 0.1) is 12.8 Å². The second kappa shape index (κ2) is 5.07. The van der Waals surface area contributed by atoms with E-state index < -0.39 is 11.7 Å². The number of anilines is 1. The molecule has 2 nitrogen and oxygen atoms in total. The molecule has 0 aliphatic carbocycles. The summed E-state index contributed by atoms with van der Waals surface area (Å²) in [5.41, 5.74) is 0.292. The third kappa shape index (κ3) is 2.88. The molecule has 0 saturated carbocycles. The highest BCUT2D eigenvalue weighted by Crippen LogP contribution is 2.35. The zero-order valence-corrected chi connectivity index (χ0v) is 11.3. The lowest BCUT2D eigenvalue weighted by atomic mass is 10.1. The molecule has 1 aromatic carbocycles. The van der Waals surface area contributed by atoms with E-state index in [4.69, 9.17) is 0 Å². The third-order valence-corrected chi connectivity index (χ3v) is 3.81. The highest BCUT2D eigenvalue weighted by atomic mass is 32.1. The Hall–Kier alpha value is -1.17. The summed E-state index contributed by atoms with van der Waals surface area (Å²) in [6.45, 7) is 2.14. The number of nitrogens with zero attached hydrogens (tertiary/aromatic N) is 1. The lowest BCUT2D eigenvalue weighted by Crippen LogP contribution is -2.26. The van der Waals surface area contributed by atoms with Crippen LogP contribution in [0.15, 0.2) is 18.2 Å². The zero-order valence-electron chi connectivity index (χ0n) is 10.4. The molecule has 6 heteroatoms. The first-order chi connectivity index (χ1) is 8.82. The highest BCUT2D eigenvalue weighted by Gasteiger charge is 2.34. The maximum Gasteiger partial charge on any atom is 0.416 e. The van der Waals surface area contributed by atoms with Gasteiger partial charge in [0.15, 0.2) is 0 Å². The van der Waals surface area contributed by atoms with Crippen LogP contribution < -0.4 is 4.90 Å². The maximum atomic E-state index is 12.7. The molecule has 19 heavy (non-hydrogen) atoms. The number of benzene rings is 1. The summed E-state index contributed by atoms with van der Waals surface area (Å²) in [6.07, 6.45) is -4.05. The summed E-state index contributed by atoms with van der Waals surface area (Å²) in [5.74, 6) is 0.520. The molecule has 0 bridgehead atoms. The van der Waals surface area contributed by atoms with E-state index in [1.54, 1.807) is 6.92 Å². The van der Waals surface area contributed by atoms with Crippen LogP contribution in [0.4, 0.5) is 18.9 Å². The van der Waals surface area contributed by atoms with E-state index in [0.717, 1.165) is 12.1 Å². The summed E-state index contributed by atoms with van der Waals surface area (Å²) in [6, 6.07) is 3.49. The van der Waals surface area contributed by atoms with Crippen molar-refractivity contribution in [2.45, 2.75) is 19.5 Å². The number of hydrogen-bond acceptors (Lipinski definition) is 2. The fraction of sp³-hybridized carbons (Fsp3) is 0.462. The molecular formula is C13H14F3NOS. The van der Waals surface area contributed by atoms with Gasteiger partial charge in [0.25, 0.3) is 0 Å². The van der Waals surface area contributed by atoms with Crippen LogP contribution in [0.5, 0.6) is 0 Å². The molecule has 1 aliphatic rings. The summed E-state index contributed by atoms with van der Waals surface area (Å²) in [5, 5.41) is 0. The predicted molar refractivity (Wildman–Crippen MR) is 70.5 cm³/mol. The van der Waals surface area contributed by atoms with Crippen LogP contribution in [0.1, 0.15) is 17.5 Å². The van der Waals surface area contributed by atoms with Crippen LogP contribution in [0.25, 0.3) is 0 Å². The van der Waals surface area contributed by atoms with Crippen LogP contribution >= 0.6 is 12.6 Å². The minimum absolute atomic E-state index is 0.102. The fourth-order valence-corrected chi connectivity index (χ4v) is 2.46. The summed E-state index contributed by atoms with van der Waals surface area (Å²) < 4.78 is 38.1. The van der Waals surface area contributed by atoms with E-state index in [2.05, 4.69) is 12.6 Å². The minimum atomic E-state index is -4.39. The minimum Gasteiger partial charge on any atom is -0.312 e. The van der Waals surface area contributed by atoms with Gasteiger partial charge in [0.1, 0.15) is 0 Å². The molecule has 2 rings (SSSR count). The predicted octanol–water partition coefficient (Wildman–Crippen LogP) is 3.30. The Morgan fingerprint density at radius 1 is 1.42 bits per heavy atom. The van der Waals surface area contributed by atoms with Crippen LogP contribution in [-0.4, -0.2) is 18.2 Å². The first-order valence-corrected chi connectivity index (χ1v) is 6.55. The number of carbonyl (C=O) groups is 1. The number of amides is 1. The molecule has 1 saturated heterocycles. The second-order valence-corrected chi connectivity index (χ2v) is 5.12. The molecule has 104 valence electrons. The Bertz CT molecular complexity index is 501. The van der Waals surface area contributed by atoms with Crippen molar-refractivity contribution < 1.29 is 18.0 Å². The molecule has 1 amide bonds. The largest absolute Gasteiger partial charge is 0.416 e. The number of rotatable bonds is 2. The second-order valence-electron chi connectivity index (χ2n) is 4.76. The van der Waals surface area contributed by atoms with Crippen LogP contribution in [0.2, 0.25) is 0 Å². The Labute approximate surface area is 115 Å². The Kier molecular flexibility index (Phi) is 3.80. The highest BCUT2D eigenvalue weighted by molar-refractivity contribution is 7.80. The van der Waals surface area contributed by atoms with Crippen LogP contribution in [0.3, 0.4) is 0 Å². The number of thiol groups is 1. The molecule has 0 aromatic heterocycles. The van der Waals surface area contributed by atoms with Crippen molar-refractivity contribution in [2.24, 2.45) is 5.92 Å². The van der Waals surface area contributed by atoms with Crippen molar-refractivity contribution in [3.63, 3.8) is 0 Å². The molecule has 1 aliphatic heterocycles. The Morgan fingerprint density at radius 3 is 2.63 bits per heavy atom. The molecule has 1 atom stereocenters. The van der Waals surface area contributed by atoms with E-state index in [9.17, 15) is 18.0 Å². The number of alkyl halides is 3. The Balaban J connectivity index is 2.37. The van der Waals surface area contributed by atoms with Gasteiger partial charge in [-0.1, -0.05) is 6.07 Å². The smallest absolute Gasteiger partial charge is 0.312 e. The monoisotopic (exact) mass is 289 g/mol. The maximum absolute atomic E-state index is 12.7. The zero-order chi connectivity index (χ0) is 14.2. The summed E-state index contributed by atoms with van der Waals surface area (Å²) in [7, 11) is 0. The lowest BCUT2D eigenvalue weighted by molar-refractivity contribution is -0.137. The van der Waals surface area contributed by atoms with Gasteiger partial charge in [0.2, 0.25) is 5.91 Å². The fourth-order valence-electron chi connectivity index (χ4n) is 2.21. The van der Waals surface area contributed by atoms with Gasteiger partial charge < -0.3 is 4.90 Å². The van der Waals surface area contributed by atoms with Crippen molar-refractivity contribution in [2.75, 3.05) is 17.2 Å². The molecule has 0 N–H and O–H groups in total. The van der Waals surface area contributed by atoms with Gasteiger partial charge in [-0.25, -0.2) is 0 Å². The number of aryl methyl sites for hydroxylation is 1. The van der Waals surface area contributed by atoms with Gasteiger partial charge in [-0.2, -0.15) is 25.8 Å². The topological polar surface area (TPSA) is 20.3 Å². The van der Waals surface area contributed by atoms with E-state index >= 15 is 0 Å². The van der Waals surface area contributed by atoms with E-state index in [0.29, 0.717) is 30.0 Å². The average Bonchev–Trinajstić information content (AvgIpc) is 2.69. The molecule has 0 radical (unpaired) electrons. The van der Waals surface area contributed by atoms with Gasteiger partial charge in [0.05, 0.1) is 5.56 Å². The standard InChI is InChI=1S/C13H14F3NOS/c1-8-2-3-10(13(14,15)16)5-11(8)17-6-9(7-19)4-12(17)18/h2-3,5,9,19H,4,6-7H2,1H3. The van der Waals surface area contributed by atoms with E-state index in [1.165, 1.54) is 11.0 Å². The van der Waals surface area contributed by atoms with Crippen molar-refractivity contribution >= 4 is 24.2 Å². The number of carbonyl (C=O) groups excluding carboxylic acids is 1. The first kappa shape index (κ1) is 14.2. The van der Waals surface area contributed by atoms with Gasteiger partial charge in [-0.15, -0.1) is 0 Å². The van der Waals surface area contributed by atoms with Crippen molar-refractivity contribution in [1.82, 2.24) is 0 Å². The van der Waals surface area contributed by atoms with Crippen molar-refractivity contribution in [3.05, 3.63) is 29.3 Å². The van der Waals surface area contributed by atoms with Gasteiger partial charge in [0, 0.05) is 18.7 Å². The average molecular weight is 289 g/mol. The van der Waals surface area contributed by atoms with E-state index in [1.807, 2.05) is 0 Å². The molecule has 1 fully saturated rings. The molecule has 1 aromatic rings. The Morgan fingerprint density at radius 2 is 2.11 bits per heavy atom. The number of halogens is 3. The molecule has 0 spiro atoms. The number of hydrogen-bond donors (Lipinski definition) is 1. The summed E-state index contributed by atoms with van der Waals surface area (Å²) >= 11 is 4.14. The molecule has 1 heterocycles. The SMILES string of the molecule is Cc1ccc(C(F)(F)F)cc1N1CC(CS)CC1=O. The third-order valence-electron chi connectivity index (χ3n) is 3.29. The van der Waals surface area contributed by atoms with E-state index in [-0.39, 0.29) is 11.8 Å². The van der Waals surface area contributed by atoms with Gasteiger partial charge >= 0.3 is 6.18 Å². The molecule has 1 unspecified atom stereocenters. The normalized spacial score (nSPS) is 20.2. The lowest BCUT2D eigenvalue weighted by Gasteiger charge is -2.20. The van der Waals surface area contributed by atoms with Crippen molar-refractivity contribution in [1.29, 1.82) is 0 Å². The van der Waals surface area contributed by atoms with Crippen LogP contribution in [-0.2, 0) is 11.0 Å². The quantitative estimate of drug-likeness (QED) is 0.828. The van der Waals surface area contributed by atoms with Gasteiger partial charge in [-0.3, -0.25) is 4.79 Å². The molecular weight excluding hydrogens is 275 g/mol. The first-order valence-electron chi connectivity index (χ1n) is 5.92. The van der Waals surface area contributed by atoms with Crippen molar-refractivity contribution in [3.8, 4) is 0 Å².